The zero-order valence-corrected chi connectivity index (χ0v) is 14.7. The number of phenols is 1. The van der Waals surface area contributed by atoms with Crippen LogP contribution in [0.4, 0.5) is 11.4 Å². The van der Waals surface area contributed by atoms with E-state index in [1.54, 1.807) is 12.1 Å². The number of nitrogens with zero attached hydrogens (tertiary/aromatic N) is 1. The van der Waals surface area contributed by atoms with E-state index in [0.29, 0.717) is 0 Å². The lowest BCUT2D eigenvalue weighted by atomic mass is 10.0. The Morgan fingerprint density at radius 3 is 2.08 bits per heavy atom. The number of hydrogen-bond donors (Lipinski definition) is 1. The van der Waals surface area contributed by atoms with Crippen LogP contribution in [0.2, 0.25) is 0 Å². The Labute approximate surface area is 149 Å². The molecule has 0 aliphatic heterocycles. The molecule has 0 saturated heterocycles. The summed E-state index contributed by atoms with van der Waals surface area (Å²) < 4.78 is 0. The maximum atomic E-state index is 9.62. The number of aromatic hydroxyl groups is 1. The summed E-state index contributed by atoms with van der Waals surface area (Å²) in [5, 5.41) is 9.62. The molecule has 0 radical (unpaired) electrons. The van der Waals surface area contributed by atoms with Crippen LogP contribution in [0.1, 0.15) is 22.3 Å². The summed E-state index contributed by atoms with van der Waals surface area (Å²) >= 11 is 0. The van der Waals surface area contributed by atoms with Crippen LogP contribution in [-0.2, 0) is 6.54 Å². The Bertz CT molecular complexity index is 818. The highest BCUT2D eigenvalue weighted by Gasteiger charge is 2.13. The molecule has 0 heterocycles. The van der Waals surface area contributed by atoms with Crippen LogP contribution in [0.25, 0.3) is 6.08 Å². The average Bonchev–Trinajstić information content (AvgIpc) is 2.61. The van der Waals surface area contributed by atoms with Crippen LogP contribution in [0, 0.1) is 13.8 Å². The molecule has 0 spiro atoms. The van der Waals surface area contributed by atoms with Crippen LogP contribution in [-0.4, -0.2) is 5.11 Å². The molecule has 1 N–H and O–H groups in total. The van der Waals surface area contributed by atoms with Gasteiger partial charge in [0.25, 0.3) is 0 Å². The van der Waals surface area contributed by atoms with Crippen molar-refractivity contribution in [3.05, 3.63) is 95.6 Å². The molecule has 2 nitrogen and oxygen atoms in total. The van der Waals surface area contributed by atoms with Crippen molar-refractivity contribution in [2.45, 2.75) is 20.4 Å². The Morgan fingerprint density at radius 1 is 0.880 bits per heavy atom. The summed E-state index contributed by atoms with van der Waals surface area (Å²) in [5.74, 6) is 0.273. The number of hydrogen-bond acceptors (Lipinski definition) is 2. The van der Waals surface area contributed by atoms with Gasteiger partial charge in [0.15, 0.2) is 0 Å². The summed E-state index contributed by atoms with van der Waals surface area (Å²) in [4.78, 5) is 2.25. The molecule has 0 aliphatic rings. The van der Waals surface area contributed by atoms with Crippen LogP contribution in [0.3, 0.4) is 0 Å². The van der Waals surface area contributed by atoms with Gasteiger partial charge in [0, 0.05) is 17.9 Å². The minimum Gasteiger partial charge on any atom is -0.508 e. The Kier molecular flexibility index (Phi) is 4.90. The Hall–Kier alpha value is -3.00. The standard InChI is InChI=1S/C23H23NO/c1-4-23-18(3)6-5-7-19(23)16-24(20-10-8-17(2)9-11-20)21-12-14-22(25)15-13-21/h4-15,25H,1,16H2,2-3H3. The lowest BCUT2D eigenvalue weighted by Gasteiger charge is -2.26. The monoisotopic (exact) mass is 329 g/mol. The highest BCUT2D eigenvalue weighted by Crippen LogP contribution is 2.30. The van der Waals surface area contributed by atoms with Crippen LogP contribution in [0.5, 0.6) is 5.75 Å². The van der Waals surface area contributed by atoms with E-state index < -0.39 is 0 Å². The van der Waals surface area contributed by atoms with Gasteiger partial charge >= 0.3 is 0 Å². The van der Waals surface area contributed by atoms with Gasteiger partial charge in [-0.25, -0.2) is 0 Å². The van der Waals surface area contributed by atoms with E-state index in [9.17, 15) is 5.11 Å². The third kappa shape index (κ3) is 3.74. The van der Waals surface area contributed by atoms with Crippen molar-refractivity contribution in [1.82, 2.24) is 0 Å². The van der Waals surface area contributed by atoms with Crippen LogP contribution >= 0.6 is 0 Å². The van der Waals surface area contributed by atoms with Gasteiger partial charge in [0.1, 0.15) is 5.75 Å². The molecule has 0 atom stereocenters. The molecule has 0 unspecified atom stereocenters. The number of rotatable bonds is 5. The molecule has 3 aromatic carbocycles. The fourth-order valence-corrected chi connectivity index (χ4v) is 3.03. The van der Waals surface area contributed by atoms with Crippen molar-refractivity contribution in [1.29, 1.82) is 0 Å². The molecule has 0 aromatic heterocycles. The molecule has 0 amide bonds. The first-order valence-corrected chi connectivity index (χ1v) is 8.42. The van der Waals surface area contributed by atoms with E-state index in [4.69, 9.17) is 0 Å². The third-order valence-corrected chi connectivity index (χ3v) is 4.45. The minimum absolute atomic E-state index is 0.273. The van der Waals surface area contributed by atoms with Gasteiger partial charge in [-0.1, -0.05) is 48.6 Å². The number of phenolic OH excluding ortho intramolecular Hbond substituents is 1. The first-order valence-electron chi connectivity index (χ1n) is 8.42. The van der Waals surface area contributed by atoms with Crippen LogP contribution < -0.4 is 4.90 Å². The molecule has 3 aromatic rings. The zero-order chi connectivity index (χ0) is 17.8. The fraction of sp³-hybridized carbons (Fsp3) is 0.130. The molecule has 0 fully saturated rings. The van der Waals surface area contributed by atoms with Crippen molar-refractivity contribution in [2.75, 3.05) is 4.90 Å². The Morgan fingerprint density at radius 2 is 1.48 bits per heavy atom. The predicted molar refractivity (Wildman–Crippen MR) is 106 cm³/mol. The highest BCUT2D eigenvalue weighted by molar-refractivity contribution is 5.66. The summed E-state index contributed by atoms with van der Waals surface area (Å²) in [7, 11) is 0. The van der Waals surface area contributed by atoms with Gasteiger partial charge in [-0.15, -0.1) is 0 Å². The second-order valence-electron chi connectivity index (χ2n) is 6.29. The van der Waals surface area contributed by atoms with Gasteiger partial charge in [0.05, 0.1) is 0 Å². The third-order valence-electron chi connectivity index (χ3n) is 4.45. The molecular formula is C23H23NO. The topological polar surface area (TPSA) is 23.5 Å². The molecule has 0 bridgehead atoms. The highest BCUT2D eigenvalue weighted by atomic mass is 16.3. The molecule has 126 valence electrons. The van der Waals surface area contributed by atoms with E-state index in [0.717, 1.165) is 17.9 Å². The van der Waals surface area contributed by atoms with E-state index >= 15 is 0 Å². The SMILES string of the molecule is C=Cc1c(C)cccc1CN(c1ccc(C)cc1)c1ccc(O)cc1. The van der Waals surface area contributed by atoms with Gasteiger partial charge in [-0.05, 0) is 66.9 Å². The number of aryl methyl sites for hydroxylation is 2. The molecule has 0 aliphatic carbocycles. The summed E-state index contributed by atoms with van der Waals surface area (Å²) in [6.45, 7) is 8.91. The summed E-state index contributed by atoms with van der Waals surface area (Å²) in [6.07, 6.45) is 1.93. The van der Waals surface area contributed by atoms with Crippen molar-refractivity contribution < 1.29 is 5.11 Å². The van der Waals surface area contributed by atoms with Gasteiger partial charge < -0.3 is 10.0 Å². The zero-order valence-electron chi connectivity index (χ0n) is 14.7. The maximum absolute atomic E-state index is 9.62. The average molecular weight is 329 g/mol. The second kappa shape index (κ2) is 7.27. The lowest BCUT2D eigenvalue weighted by Crippen LogP contribution is -2.17. The quantitative estimate of drug-likeness (QED) is 0.621. The fourth-order valence-electron chi connectivity index (χ4n) is 3.03. The van der Waals surface area contributed by atoms with Crippen molar-refractivity contribution >= 4 is 17.5 Å². The van der Waals surface area contributed by atoms with E-state index in [1.807, 2.05) is 18.2 Å². The van der Waals surface area contributed by atoms with E-state index in [1.165, 1.54) is 22.3 Å². The number of anilines is 2. The van der Waals surface area contributed by atoms with Crippen molar-refractivity contribution in [3.8, 4) is 5.75 Å². The summed E-state index contributed by atoms with van der Waals surface area (Å²) in [6, 6.07) is 22.2. The molecular weight excluding hydrogens is 306 g/mol. The largest absolute Gasteiger partial charge is 0.508 e. The smallest absolute Gasteiger partial charge is 0.115 e. The molecule has 2 heteroatoms. The van der Waals surface area contributed by atoms with Gasteiger partial charge in [0.2, 0.25) is 0 Å². The lowest BCUT2D eigenvalue weighted by molar-refractivity contribution is 0.475. The minimum atomic E-state index is 0.273. The number of benzene rings is 3. The predicted octanol–water partition coefficient (Wildman–Crippen LogP) is 5.99. The molecule has 0 saturated carbocycles. The first-order chi connectivity index (χ1) is 12.1. The van der Waals surface area contributed by atoms with Gasteiger partial charge in [-0.2, -0.15) is 0 Å². The maximum Gasteiger partial charge on any atom is 0.115 e. The normalized spacial score (nSPS) is 10.5. The van der Waals surface area contributed by atoms with E-state index in [2.05, 4.69) is 67.8 Å². The molecule has 25 heavy (non-hydrogen) atoms. The first kappa shape index (κ1) is 16.8. The second-order valence-corrected chi connectivity index (χ2v) is 6.29. The Balaban J connectivity index is 2.05. The summed E-state index contributed by atoms with van der Waals surface area (Å²) in [5.41, 5.74) is 7.02. The van der Waals surface area contributed by atoms with Crippen LogP contribution in [0.15, 0.2) is 73.3 Å². The molecule has 3 rings (SSSR count). The van der Waals surface area contributed by atoms with Crippen molar-refractivity contribution in [3.63, 3.8) is 0 Å². The van der Waals surface area contributed by atoms with Gasteiger partial charge in [-0.3, -0.25) is 0 Å². The van der Waals surface area contributed by atoms with Crippen molar-refractivity contribution in [2.24, 2.45) is 0 Å². The van der Waals surface area contributed by atoms with E-state index in [-0.39, 0.29) is 5.75 Å².